The molecule has 2 aliphatic rings. The molecule has 0 aromatic heterocycles. The van der Waals surface area contributed by atoms with Crippen molar-refractivity contribution in [1.29, 1.82) is 0 Å². The molecule has 0 aliphatic heterocycles. The van der Waals surface area contributed by atoms with E-state index in [-0.39, 0.29) is 30.3 Å². The number of halogens is 5. The quantitative estimate of drug-likeness (QED) is 0.224. The van der Waals surface area contributed by atoms with Gasteiger partial charge in [0, 0.05) is 12.0 Å². The molecule has 0 bridgehead atoms. The fraction of sp³-hybridized carbons (Fsp3) is 0.741. The van der Waals surface area contributed by atoms with Crippen LogP contribution in [0.2, 0.25) is 0 Å². The summed E-state index contributed by atoms with van der Waals surface area (Å²) in [6, 6.07) is 2.38. The van der Waals surface area contributed by atoms with Crippen molar-refractivity contribution in [1.82, 2.24) is 0 Å². The predicted octanol–water partition coefficient (Wildman–Crippen LogP) is 8.51. The molecular formula is C27H37F5O3. The summed E-state index contributed by atoms with van der Waals surface area (Å²) in [7, 11) is 0. The number of ether oxygens (including phenoxy) is 2. The molecule has 2 fully saturated rings. The molecule has 198 valence electrons. The third kappa shape index (κ3) is 7.17. The van der Waals surface area contributed by atoms with E-state index in [2.05, 4.69) is 6.92 Å². The van der Waals surface area contributed by atoms with Crippen molar-refractivity contribution in [3.63, 3.8) is 0 Å². The van der Waals surface area contributed by atoms with Gasteiger partial charge in [-0.25, -0.2) is 13.2 Å². The van der Waals surface area contributed by atoms with Crippen molar-refractivity contribution in [2.75, 3.05) is 6.61 Å². The summed E-state index contributed by atoms with van der Waals surface area (Å²) in [6.45, 7) is 3.83. The molecule has 1 aromatic rings. The Hall–Kier alpha value is -1.70. The Morgan fingerprint density at radius 1 is 1.00 bits per heavy atom. The number of hydrogen-bond acceptors (Lipinski definition) is 3. The van der Waals surface area contributed by atoms with E-state index in [1.807, 2.05) is 0 Å². The van der Waals surface area contributed by atoms with Crippen molar-refractivity contribution in [3.8, 4) is 5.75 Å². The molecule has 0 N–H and O–H groups in total. The van der Waals surface area contributed by atoms with Crippen LogP contribution >= 0.6 is 0 Å². The highest BCUT2D eigenvalue weighted by Gasteiger charge is 2.44. The highest BCUT2D eigenvalue weighted by molar-refractivity contribution is 5.98. The smallest absolute Gasteiger partial charge is 0.358 e. The number of carbonyl (C=O) groups excluding carboxylic acids is 1. The molecule has 35 heavy (non-hydrogen) atoms. The van der Waals surface area contributed by atoms with Gasteiger partial charge >= 0.3 is 6.11 Å². The number of carbonyl (C=O) groups is 1. The van der Waals surface area contributed by atoms with Gasteiger partial charge in [-0.05, 0) is 82.3 Å². The number of benzene rings is 1. The Morgan fingerprint density at radius 3 is 2.20 bits per heavy atom. The second-order valence-corrected chi connectivity index (χ2v) is 10.0. The molecule has 0 unspecified atom stereocenters. The largest absolute Gasteiger partial charge is 0.491 e. The predicted molar refractivity (Wildman–Crippen MR) is 124 cm³/mol. The third-order valence-corrected chi connectivity index (χ3v) is 7.57. The number of ketones is 1. The van der Waals surface area contributed by atoms with Crippen LogP contribution in [0.1, 0.15) is 107 Å². The second-order valence-electron chi connectivity index (χ2n) is 10.0. The molecule has 0 saturated heterocycles. The zero-order valence-corrected chi connectivity index (χ0v) is 20.6. The van der Waals surface area contributed by atoms with Crippen LogP contribution in [0.5, 0.6) is 5.75 Å². The molecule has 3 nitrogen and oxygen atoms in total. The van der Waals surface area contributed by atoms with Crippen LogP contribution < -0.4 is 4.74 Å². The Kier molecular flexibility index (Phi) is 9.96. The normalized spacial score (nSPS) is 25.6. The third-order valence-electron chi connectivity index (χ3n) is 7.57. The summed E-state index contributed by atoms with van der Waals surface area (Å²) >= 11 is 0. The Balaban J connectivity index is 1.52. The van der Waals surface area contributed by atoms with E-state index < -0.39 is 41.7 Å². The monoisotopic (exact) mass is 504 g/mol. The summed E-state index contributed by atoms with van der Waals surface area (Å²) in [4.78, 5) is 12.8. The first-order valence-electron chi connectivity index (χ1n) is 13.0. The SMILES string of the molecule is CCCC1CCC(C(F)(F)OC2CCC(CC(=O)c3ccc(OCC)c(F)c3C(F)F)CC2)CC1. The molecule has 0 amide bonds. The molecule has 8 heteroatoms. The van der Waals surface area contributed by atoms with Crippen LogP contribution in [0.3, 0.4) is 0 Å². The van der Waals surface area contributed by atoms with Gasteiger partial charge < -0.3 is 9.47 Å². The molecule has 0 spiro atoms. The number of hydrogen-bond donors (Lipinski definition) is 0. The fourth-order valence-corrected chi connectivity index (χ4v) is 5.64. The summed E-state index contributed by atoms with van der Waals surface area (Å²) in [5, 5.41) is 0. The van der Waals surface area contributed by atoms with Crippen LogP contribution in [0, 0.1) is 23.6 Å². The van der Waals surface area contributed by atoms with Gasteiger partial charge in [0.25, 0.3) is 6.43 Å². The van der Waals surface area contributed by atoms with Gasteiger partial charge in [-0.3, -0.25) is 4.79 Å². The lowest BCUT2D eigenvalue weighted by molar-refractivity contribution is -0.301. The highest BCUT2D eigenvalue weighted by atomic mass is 19.3. The maximum atomic E-state index is 14.8. The summed E-state index contributed by atoms with van der Waals surface area (Å²) in [6.07, 6.45) is -0.420. The molecular weight excluding hydrogens is 467 g/mol. The zero-order chi connectivity index (χ0) is 25.6. The molecule has 2 saturated carbocycles. The Bertz CT molecular complexity index is 828. The molecule has 2 aliphatic carbocycles. The van der Waals surface area contributed by atoms with Crippen LogP contribution in [0.25, 0.3) is 0 Å². The van der Waals surface area contributed by atoms with Gasteiger partial charge in [-0.1, -0.05) is 19.8 Å². The van der Waals surface area contributed by atoms with Crippen LogP contribution in [0.4, 0.5) is 22.0 Å². The number of alkyl halides is 4. The van der Waals surface area contributed by atoms with Gasteiger partial charge in [0.1, 0.15) is 0 Å². The zero-order valence-electron chi connectivity index (χ0n) is 20.6. The van der Waals surface area contributed by atoms with Crippen molar-refractivity contribution in [3.05, 3.63) is 29.1 Å². The van der Waals surface area contributed by atoms with E-state index in [0.29, 0.717) is 44.4 Å². The minimum Gasteiger partial charge on any atom is -0.491 e. The number of rotatable bonds is 11. The van der Waals surface area contributed by atoms with Crippen LogP contribution in [-0.2, 0) is 4.74 Å². The van der Waals surface area contributed by atoms with Crippen molar-refractivity contribution in [2.45, 2.75) is 103 Å². The first kappa shape index (κ1) is 27.9. The Morgan fingerprint density at radius 2 is 1.63 bits per heavy atom. The van der Waals surface area contributed by atoms with Gasteiger partial charge in [0.2, 0.25) is 0 Å². The van der Waals surface area contributed by atoms with E-state index >= 15 is 0 Å². The van der Waals surface area contributed by atoms with E-state index in [9.17, 15) is 26.7 Å². The molecule has 0 radical (unpaired) electrons. The first-order chi connectivity index (χ1) is 16.7. The maximum absolute atomic E-state index is 14.8. The van der Waals surface area contributed by atoms with Gasteiger partial charge in [-0.15, -0.1) is 0 Å². The maximum Gasteiger partial charge on any atom is 0.358 e. The summed E-state index contributed by atoms with van der Waals surface area (Å²) < 4.78 is 81.4. The van der Waals surface area contributed by atoms with Crippen molar-refractivity contribution >= 4 is 5.78 Å². The van der Waals surface area contributed by atoms with E-state index in [1.165, 1.54) is 12.1 Å². The highest BCUT2D eigenvalue weighted by Crippen LogP contribution is 2.43. The topological polar surface area (TPSA) is 35.5 Å². The van der Waals surface area contributed by atoms with E-state index in [1.54, 1.807) is 6.92 Å². The van der Waals surface area contributed by atoms with Crippen LogP contribution in [0.15, 0.2) is 12.1 Å². The average molecular weight is 505 g/mol. The lowest BCUT2D eigenvalue weighted by Gasteiger charge is -2.37. The first-order valence-corrected chi connectivity index (χ1v) is 13.0. The summed E-state index contributed by atoms with van der Waals surface area (Å²) in [5.41, 5.74) is -1.28. The average Bonchev–Trinajstić information content (AvgIpc) is 2.81. The molecule has 3 rings (SSSR count). The second kappa shape index (κ2) is 12.5. The van der Waals surface area contributed by atoms with Crippen molar-refractivity contribution in [2.24, 2.45) is 17.8 Å². The van der Waals surface area contributed by atoms with Gasteiger partial charge in [0.15, 0.2) is 17.3 Å². The van der Waals surface area contributed by atoms with E-state index in [4.69, 9.17) is 9.47 Å². The number of Topliss-reactive ketones (excluding diaryl/α,β-unsaturated/α-hetero) is 1. The van der Waals surface area contributed by atoms with Gasteiger partial charge in [-0.2, -0.15) is 8.78 Å². The Labute approximate surface area is 204 Å². The lowest BCUT2D eigenvalue weighted by atomic mass is 9.79. The molecule has 0 heterocycles. The molecule has 0 atom stereocenters. The minimum atomic E-state index is -3.16. The van der Waals surface area contributed by atoms with Crippen molar-refractivity contribution < 1.29 is 36.2 Å². The standard InChI is InChI=1S/C27H37F5O3/c1-3-5-17-6-10-19(11-7-17)27(31,32)35-20-12-8-18(9-13-20)16-22(33)21-14-15-23(34-4-2)25(28)24(21)26(29)30/h14-15,17-20,26H,3-13,16H2,1-2H3. The lowest BCUT2D eigenvalue weighted by Crippen LogP contribution is -2.39. The van der Waals surface area contributed by atoms with Crippen LogP contribution in [-0.4, -0.2) is 24.6 Å². The van der Waals surface area contributed by atoms with Gasteiger partial charge in [0.05, 0.1) is 24.2 Å². The minimum absolute atomic E-state index is 0.0301. The fourth-order valence-electron chi connectivity index (χ4n) is 5.64. The summed E-state index contributed by atoms with van der Waals surface area (Å²) in [5.74, 6) is -2.44. The molecule has 1 aromatic carbocycles. The van der Waals surface area contributed by atoms with E-state index in [0.717, 1.165) is 25.7 Å².